The quantitative estimate of drug-likeness (QED) is 0.234. The standard InChI is InChI=1S/3CHNO/c3*2-1-3/h3H;2*2H. The minimum absolute atomic E-state index is 0.750. The lowest BCUT2D eigenvalue weighted by atomic mass is 11.6. The molecule has 3 N–H and O–H groups in total. The van der Waals surface area contributed by atoms with Crippen molar-refractivity contribution in [2.45, 2.75) is 0 Å². The van der Waals surface area contributed by atoms with Crippen molar-refractivity contribution in [3.63, 3.8) is 0 Å². The topological polar surface area (TPSA) is 126 Å². The second kappa shape index (κ2) is 140. The first-order valence-corrected chi connectivity index (χ1v) is 1.36. The van der Waals surface area contributed by atoms with Crippen molar-refractivity contribution in [2.24, 2.45) is 0 Å². The first kappa shape index (κ1) is 15.7. The molecule has 0 fully saturated rings. The Kier molecular flexibility index (Phi) is 245. The van der Waals surface area contributed by atoms with Crippen molar-refractivity contribution >= 4 is 12.2 Å². The Morgan fingerprint density at radius 1 is 1.22 bits per heavy atom. The predicted molar refractivity (Wildman–Crippen MR) is 24.4 cm³/mol. The van der Waals surface area contributed by atoms with Gasteiger partial charge in [-0.25, -0.2) is 20.4 Å². The van der Waals surface area contributed by atoms with E-state index in [1.54, 1.807) is 0 Å². The highest BCUT2D eigenvalue weighted by Crippen LogP contribution is 1.06. The van der Waals surface area contributed by atoms with Gasteiger partial charge in [0.1, 0.15) is 0 Å². The maximum atomic E-state index is 8.35. The van der Waals surface area contributed by atoms with Gasteiger partial charge in [0, 0.05) is 0 Å². The fourth-order valence-electron chi connectivity index (χ4n) is 0. The number of aliphatic hydroxyl groups excluding tert-OH is 1. The molecule has 0 aromatic rings. The van der Waals surface area contributed by atoms with Crippen molar-refractivity contribution in [3.8, 4) is 6.26 Å². The minimum Gasteiger partial charge on any atom is -0.443 e. The van der Waals surface area contributed by atoms with Gasteiger partial charge in [-0.2, -0.15) is 5.26 Å². The third-order valence-electron chi connectivity index (χ3n) is 0. The summed E-state index contributed by atoms with van der Waals surface area (Å²) in [5.74, 6) is 0. The largest absolute Gasteiger partial charge is 0.443 e. The van der Waals surface area contributed by atoms with Crippen LogP contribution in [0.1, 0.15) is 0 Å². The molecule has 0 spiro atoms. The molecule has 0 unspecified atom stereocenters. The molecule has 0 aliphatic rings. The number of hydrogen-bond acceptors (Lipinski definition) is 6. The number of nitrogens with zero attached hydrogens (tertiary/aromatic N) is 1. The number of rotatable bonds is 0. The number of nitriles is 1. The second-order valence-corrected chi connectivity index (χ2v) is 0.304. The zero-order valence-corrected chi connectivity index (χ0v) is 4.21. The number of aliphatic hydroxyl groups is 1. The first-order valence-electron chi connectivity index (χ1n) is 1.36. The molecule has 0 aliphatic heterocycles. The van der Waals surface area contributed by atoms with Crippen molar-refractivity contribution in [3.05, 3.63) is 0 Å². The van der Waals surface area contributed by atoms with E-state index in [2.05, 4.69) is 0 Å². The summed E-state index contributed by atoms with van der Waals surface area (Å²) < 4.78 is 0. The third-order valence-corrected chi connectivity index (χ3v) is 0. The van der Waals surface area contributed by atoms with Crippen LogP contribution in [0.15, 0.2) is 0 Å². The highest BCUT2D eigenvalue weighted by atomic mass is 16.2. The summed E-state index contributed by atoms with van der Waals surface area (Å²) in [5.41, 5.74) is 0. The number of carbonyl (C=O) groups excluding carboxylic acids is 2. The Balaban J connectivity index is -0.0000000600. The van der Waals surface area contributed by atoms with Crippen LogP contribution < -0.4 is 0 Å². The molecule has 6 nitrogen and oxygen atoms in total. The summed E-state index contributed by atoms with van der Waals surface area (Å²) in [4.78, 5) is 16.7. The van der Waals surface area contributed by atoms with E-state index < -0.39 is 0 Å². The normalized spacial score (nSPS) is 2.56. The Morgan fingerprint density at radius 3 is 1.22 bits per heavy atom. The van der Waals surface area contributed by atoms with Crippen molar-refractivity contribution in [2.75, 3.05) is 0 Å². The van der Waals surface area contributed by atoms with Crippen LogP contribution in [0, 0.1) is 22.3 Å². The van der Waals surface area contributed by atoms with Crippen LogP contribution in [0.5, 0.6) is 0 Å². The van der Waals surface area contributed by atoms with Crippen LogP contribution in [0.4, 0.5) is 0 Å². The van der Waals surface area contributed by atoms with Crippen LogP contribution in [0.25, 0.3) is 0 Å². The Hall–Kier alpha value is -1.95. The molecule has 0 bridgehead atoms. The van der Waals surface area contributed by atoms with E-state index in [4.69, 9.17) is 30.8 Å². The molecule has 0 aromatic carbocycles. The molecular weight excluding hydrogens is 126 g/mol. The van der Waals surface area contributed by atoms with E-state index in [0.717, 1.165) is 18.4 Å². The van der Waals surface area contributed by atoms with Crippen LogP contribution in [-0.4, -0.2) is 17.3 Å². The van der Waals surface area contributed by atoms with Gasteiger partial charge in [0.05, 0.1) is 0 Å². The molecule has 0 rings (SSSR count). The lowest BCUT2D eigenvalue weighted by molar-refractivity contribution is 0.503. The summed E-state index contributed by atoms with van der Waals surface area (Å²) >= 11 is 0. The molecule has 0 radical (unpaired) electrons. The maximum absolute atomic E-state index is 8.35. The average Bonchev–Trinajstić information content (AvgIpc) is 1.70. The molecular formula is C3H3N3O3. The summed E-state index contributed by atoms with van der Waals surface area (Å²) in [6, 6.07) is 0. The molecule has 0 amide bonds. The number of isocyanates is 2. The van der Waals surface area contributed by atoms with E-state index in [0.29, 0.717) is 0 Å². The van der Waals surface area contributed by atoms with Gasteiger partial charge in [-0.05, 0) is 0 Å². The van der Waals surface area contributed by atoms with Gasteiger partial charge < -0.3 is 5.11 Å². The van der Waals surface area contributed by atoms with Crippen LogP contribution in [-0.2, 0) is 9.59 Å². The predicted octanol–water partition coefficient (Wildman–Crippen LogP) is -0.358. The van der Waals surface area contributed by atoms with E-state index >= 15 is 0 Å². The summed E-state index contributed by atoms with van der Waals surface area (Å²) in [6.45, 7) is 0. The average molecular weight is 129 g/mol. The fourth-order valence-corrected chi connectivity index (χ4v) is 0. The lowest BCUT2D eigenvalue weighted by Gasteiger charge is -1.25. The summed E-state index contributed by atoms with van der Waals surface area (Å²) in [5, 5.41) is 24.6. The van der Waals surface area contributed by atoms with Crippen molar-refractivity contribution in [1.29, 1.82) is 16.1 Å². The van der Waals surface area contributed by atoms with Crippen LogP contribution >= 0.6 is 0 Å². The third kappa shape index (κ3) is 26.1. The van der Waals surface area contributed by atoms with Gasteiger partial charge in [-0.1, -0.05) is 0 Å². The highest BCUT2D eigenvalue weighted by molar-refractivity contribution is 5.26. The Labute approximate surface area is 50.4 Å². The van der Waals surface area contributed by atoms with Crippen LogP contribution in [0.2, 0.25) is 0 Å². The number of nitrogens with one attached hydrogen (secondary N) is 2. The summed E-state index contributed by atoms with van der Waals surface area (Å²) in [6.07, 6.45) is 2.25. The summed E-state index contributed by atoms with van der Waals surface area (Å²) in [7, 11) is 0. The first-order chi connectivity index (χ1) is 4.24. The van der Waals surface area contributed by atoms with E-state index in [-0.39, 0.29) is 0 Å². The van der Waals surface area contributed by atoms with E-state index in [9.17, 15) is 0 Å². The van der Waals surface area contributed by atoms with Crippen molar-refractivity contribution in [1.82, 2.24) is 0 Å². The van der Waals surface area contributed by atoms with Gasteiger partial charge in [0.25, 0.3) is 6.26 Å². The minimum atomic E-state index is 0.750. The molecule has 0 aromatic heterocycles. The second-order valence-electron chi connectivity index (χ2n) is 0.304. The van der Waals surface area contributed by atoms with Gasteiger partial charge in [-0.3, -0.25) is 0 Å². The molecule has 0 saturated heterocycles. The van der Waals surface area contributed by atoms with Gasteiger partial charge in [-0.15, -0.1) is 0 Å². The smallest absolute Gasteiger partial charge is 0.283 e. The maximum Gasteiger partial charge on any atom is 0.283 e. The van der Waals surface area contributed by atoms with Crippen molar-refractivity contribution < 1.29 is 14.7 Å². The zero-order valence-electron chi connectivity index (χ0n) is 4.21. The highest BCUT2D eigenvalue weighted by Gasteiger charge is 1.16. The van der Waals surface area contributed by atoms with Gasteiger partial charge in [0.2, 0.25) is 12.2 Å². The monoisotopic (exact) mass is 129 g/mol. The van der Waals surface area contributed by atoms with E-state index in [1.807, 2.05) is 0 Å². The van der Waals surface area contributed by atoms with E-state index in [1.165, 1.54) is 0 Å². The molecule has 0 aliphatic carbocycles. The number of hydrogen-bond donors (Lipinski definition) is 3. The molecule has 0 atom stereocenters. The Morgan fingerprint density at radius 2 is 1.22 bits per heavy atom. The molecule has 0 heterocycles. The van der Waals surface area contributed by atoms with Gasteiger partial charge in [0.15, 0.2) is 0 Å². The molecule has 0 saturated carbocycles. The molecule has 48 valence electrons. The molecule has 9 heavy (non-hydrogen) atoms. The fraction of sp³-hybridized carbons (Fsp3) is 0. The lowest BCUT2D eigenvalue weighted by Crippen LogP contribution is -1.27. The molecule has 6 heteroatoms. The Bertz CT molecular complexity index is 123. The van der Waals surface area contributed by atoms with Gasteiger partial charge >= 0.3 is 0 Å². The SMILES string of the molecule is N#CO.N=C=O.N=C=O. The zero-order chi connectivity index (χ0) is 8.12. The van der Waals surface area contributed by atoms with Crippen LogP contribution in [0.3, 0.4) is 0 Å².